The van der Waals surface area contributed by atoms with Crippen LogP contribution in [0.15, 0.2) is 54.6 Å². The predicted molar refractivity (Wildman–Crippen MR) is 71.0 cm³/mol. The fourth-order valence-electron chi connectivity index (χ4n) is 2.13. The molecule has 72 valence electrons. The summed E-state index contributed by atoms with van der Waals surface area (Å²) in [6.07, 6.45) is 0. The summed E-state index contributed by atoms with van der Waals surface area (Å²) in [5, 5.41) is 6.87. The summed E-state index contributed by atoms with van der Waals surface area (Å²) in [4.78, 5) is 0. The van der Waals surface area contributed by atoms with Crippen molar-refractivity contribution in [3.8, 4) is 0 Å². The molecular formula is C14H12Si. The summed E-state index contributed by atoms with van der Waals surface area (Å²) in [6, 6.07) is 19.8. The first-order valence-corrected chi connectivity index (χ1v) is 6.23. The van der Waals surface area contributed by atoms with Crippen LogP contribution < -0.4 is 5.19 Å². The second-order valence-electron chi connectivity index (χ2n) is 4.01. The van der Waals surface area contributed by atoms with Crippen LogP contribution in [0.1, 0.15) is 0 Å². The fourth-order valence-corrected chi connectivity index (χ4v) is 2.61. The lowest BCUT2D eigenvalue weighted by Gasteiger charge is -2.04. The van der Waals surface area contributed by atoms with E-state index in [1.54, 1.807) is 0 Å². The molecule has 0 amide bonds. The summed E-state index contributed by atoms with van der Waals surface area (Å²) in [5.41, 5.74) is 0. The Hall–Kier alpha value is -1.60. The SMILES string of the molecule is [SiH3]c1ccc2c(ccc3ccccc32)c1. The zero-order chi connectivity index (χ0) is 10.3. The summed E-state index contributed by atoms with van der Waals surface area (Å²) in [6.45, 7) is 0. The molecule has 0 aliphatic heterocycles. The van der Waals surface area contributed by atoms with Gasteiger partial charge in [0.2, 0.25) is 0 Å². The molecule has 0 aromatic heterocycles. The second-order valence-corrected chi connectivity index (χ2v) is 5.17. The Balaban J connectivity index is 2.55. The normalized spacial score (nSPS) is 11.2. The van der Waals surface area contributed by atoms with Gasteiger partial charge in [-0.25, -0.2) is 0 Å². The van der Waals surface area contributed by atoms with Gasteiger partial charge in [-0.15, -0.1) is 0 Å². The molecule has 0 N–H and O–H groups in total. The molecule has 0 atom stereocenters. The van der Waals surface area contributed by atoms with Gasteiger partial charge in [-0.05, 0) is 21.5 Å². The van der Waals surface area contributed by atoms with Crippen molar-refractivity contribution in [3.05, 3.63) is 54.6 Å². The molecule has 0 unspecified atom stereocenters. The van der Waals surface area contributed by atoms with Gasteiger partial charge >= 0.3 is 0 Å². The van der Waals surface area contributed by atoms with Gasteiger partial charge < -0.3 is 0 Å². The van der Waals surface area contributed by atoms with E-state index in [4.69, 9.17) is 0 Å². The molecule has 0 fully saturated rings. The molecule has 0 aliphatic carbocycles. The van der Waals surface area contributed by atoms with Gasteiger partial charge in [0, 0.05) is 10.2 Å². The smallest absolute Gasteiger partial charge is 0.0385 e. The largest absolute Gasteiger partial charge is 0.0701 e. The summed E-state index contributed by atoms with van der Waals surface area (Å²) in [7, 11) is 1.12. The van der Waals surface area contributed by atoms with Crippen molar-refractivity contribution < 1.29 is 0 Å². The van der Waals surface area contributed by atoms with Crippen LogP contribution in [0, 0.1) is 0 Å². The highest BCUT2D eigenvalue weighted by atomic mass is 28.1. The van der Waals surface area contributed by atoms with Crippen molar-refractivity contribution in [3.63, 3.8) is 0 Å². The molecule has 0 spiro atoms. The third kappa shape index (κ3) is 1.36. The molecule has 15 heavy (non-hydrogen) atoms. The van der Waals surface area contributed by atoms with E-state index in [-0.39, 0.29) is 0 Å². The third-order valence-corrected chi connectivity index (χ3v) is 3.52. The van der Waals surface area contributed by atoms with Crippen LogP contribution in [0.5, 0.6) is 0 Å². The fraction of sp³-hybridized carbons (Fsp3) is 0. The van der Waals surface area contributed by atoms with Crippen LogP contribution in [0.25, 0.3) is 21.5 Å². The first-order valence-electron chi connectivity index (χ1n) is 5.23. The summed E-state index contributed by atoms with van der Waals surface area (Å²) < 4.78 is 0. The van der Waals surface area contributed by atoms with Crippen molar-refractivity contribution in [1.82, 2.24) is 0 Å². The number of hydrogen-bond donors (Lipinski definition) is 0. The van der Waals surface area contributed by atoms with E-state index in [1.165, 1.54) is 26.7 Å². The lowest BCUT2D eigenvalue weighted by atomic mass is 10.0. The van der Waals surface area contributed by atoms with Gasteiger partial charge in [0.15, 0.2) is 0 Å². The highest BCUT2D eigenvalue weighted by Crippen LogP contribution is 2.23. The number of hydrogen-bond acceptors (Lipinski definition) is 0. The monoisotopic (exact) mass is 208 g/mol. The number of benzene rings is 3. The Labute approximate surface area is 92.0 Å². The van der Waals surface area contributed by atoms with E-state index < -0.39 is 0 Å². The topological polar surface area (TPSA) is 0 Å². The van der Waals surface area contributed by atoms with E-state index in [9.17, 15) is 0 Å². The molecule has 1 heteroatoms. The molecular weight excluding hydrogens is 196 g/mol. The second kappa shape index (κ2) is 3.21. The lowest BCUT2D eigenvalue weighted by Crippen LogP contribution is -1.99. The Bertz CT molecular complexity index is 641. The van der Waals surface area contributed by atoms with Crippen LogP contribution in [-0.4, -0.2) is 10.2 Å². The van der Waals surface area contributed by atoms with Gasteiger partial charge in [-0.1, -0.05) is 59.8 Å². The molecule has 0 saturated carbocycles. The third-order valence-electron chi connectivity index (χ3n) is 2.90. The molecule has 0 radical (unpaired) electrons. The first kappa shape index (κ1) is 8.68. The zero-order valence-corrected chi connectivity index (χ0v) is 10.7. The molecule has 3 aromatic carbocycles. The lowest BCUT2D eigenvalue weighted by molar-refractivity contribution is 1.79. The number of rotatable bonds is 0. The van der Waals surface area contributed by atoms with E-state index in [2.05, 4.69) is 54.6 Å². The van der Waals surface area contributed by atoms with Crippen molar-refractivity contribution in [1.29, 1.82) is 0 Å². The minimum Gasteiger partial charge on any atom is -0.0701 e. The Kier molecular flexibility index (Phi) is 1.86. The zero-order valence-electron chi connectivity index (χ0n) is 8.70. The number of fused-ring (bicyclic) bond motifs is 3. The summed E-state index contributed by atoms with van der Waals surface area (Å²) >= 11 is 0. The predicted octanol–water partition coefficient (Wildman–Crippen LogP) is 1.98. The van der Waals surface area contributed by atoms with Gasteiger partial charge in [-0.2, -0.15) is 0 Å². The van der Waals surface area contributed by atoms with Crippen LogP contribution >= 0.6 is 0 Å². The van der Waals surface area contributed by atoms with Gasteiger partial charge in [-0.3, -0.25) is 0 Å². The minimum absolute atomic E-state index is 1.12. The van der Waals surface area contributed by atoms with Crippen molar-refractivity contribution in [2.24, 2.45) is 0 Å². The average Bonchev–Trinajstić information content (AvgIpc) is 2.28. The van der Waals surface area contributed by atoms with Gasteiger partial charge in [0.1, 0.15) is 0 Å². The quantitative estimate of drug-likeness (QED) is 0.391. The summed E-state index contributed by atoms with van der Waals surface area (Å²) in [5.74, 6) is 0. The Morgan fingerprint density at radius 3 is 2.33 bits per heavy atom. The van der Waals surface area contributed by atoms with E-state index in [0.29, 0.717) is 0 Å². The van der Waals surface area contributed by atoms with E-state index in [0.717, 1.165) is 10.2 Å². The standard InChI is InChI=1S/C14H12Si/c15-12-7-8-14-11(9-12)6-5-10-3-1-2-4-13(10)14/h1-9H,15H3. The highest BCUT2D eigenvalue weighted by Gasteiger charge is 1.98. The van der Waals surface area contributed by atoms with E-state index in [1.807, 2.05) is 0 Å². The Morgan fingerprint density at radius 2 is 1.40 bits per heavy atom. The molecule has 0 bridgehead atoms. The maximum Gasteiger partial charge on any atom is 0.0385 e. The first-order chi connectivity index (χ1) is 7.34. The van der Waals surface area contributed by atoms with Crippen LogP contribution in [-0.2, 0) is 0 Å². The van der Waals surface area contributed by atoms with Crippen LogP contribution in [0.4, 0.5) is 0 Å². The Morgan fingerprint density at radius 1 is 0.667 bits per heavy atom. The van der Waals surface area contributed by atoms with Crippen molar-refractivity contribution in [2.45, 2.75) is 0 Å². The van der Waals surface area contributed by atoms with Crippen LogP contribution in [0.3, 0.4) is 0 Å². The molecule has 3 aromatic rings. The van der Waals surface area contributed by atoms with Crippen LogP contribution in [0.2, 0.25) is 0 Å². The molecule has 0 nitrogen and oxygen atoms in total. The average molecular weight is 208 g/mol. The minimum atomic E-state index is 1.12. The molecule has 0 heterocycles. The maximum absolute atomic E-state index is 2.30. The highest BCUT2D eigenvalue weighted by molar-refractivity contribution is 6.33. The van der Waals surface area contributed by atoms with Gasteiger partial charge in [0.05, 0.1) is 0 Å². The van der Waals surface area contributed by atoms with Gasteiger partial charge in [0.25, 0.3) is 0 Å². The van der Waals surface area contributed by atoms with E-state index >= 15 is 0 Å². The molecule has 3 rings (SSSR count). The maximum atomic E-state index is 2.30. The molecule has 0 aliphatic rings. The van der Waals surface area contributed by atoms with Crippen molar-refractivity contribution >= 4 is 37.0 Å². The van der Waals surface area contributed by atoms with Crippen molar-refractivity contribution in [2.75, 3.05) is 0 Å². The molecule has 0 saturated heterocycles.